The van der Waals surface area contributed by atoms with E-state index >= 15 is 0 Å². The van der Waals surface area contributed by atoms with E-state index in [1.165, 1.54) is 24.3 Å². The molecule has 136 valence electrons. The number of alkyl halides is 3. The molecule has 0 unspecified atom stereocenters. The van der Waals surface area contributed by atoms with E-state index in [1.807, 2.05) is 0 Å². The molecule has 0 spiro atoms. The van der Waals surface area contributed by atoms with Crippen LogP contribution >= 0.6 is 0 Å². The number of primary sulfonamides is 1. The van der Waals surface area contributed by atoms with Crippen LogP contribution in [0.4, 0.5) is 13.2 Å². The Balaban J connectivity index is 2.23. The highest BCUT2D eigenvalue weighted by molar-refractivity contribution is 7.89. The number of nitrogens with one attached hydrogen (secondary N) is 1. The first-order valence-corrected chi connectivity index (χ1v) is 8.98. The van der Waals surface area contributed by atoms with E-state index in [0.717, 1.165) is 0 Å². The van der Waals surface area contributed by atoms with Crippen LogP contribution in [0.1, 0.15) is 11.3 Å². The molecule has 5 nitrogen and oxygen atoms in total. The second kappa shape index (κ2) is 6.26. The number of nitrogens with two attached hydrogens (primary N) is 1. The van der Waals surface area contributed by atoms with Crippen molar-refractivity contribution in [2.45, 2.75) is 18.0 Å². The molecule has 0 aliphatic heterocycles. The van der Waals surface area contributed by atoms with Crippen LogP contribution < -0.4 is 5.14 Å². The lowest BCUT2D eigenvalue weighted by atomic mass is 9.95. The number of nitrogens with zero attached hydrogens (tertiary/aromatic N) is 1. The van der Waals surface area contributed by atoms with E-state index in [9.17, 15) is 21.6 Å². The van der Waals surface area contributed by atoms with E-state index < -0.39 is 21.9 Å². The van der Waals surface area contributed by atoms with E-state index in [1.54, 1.807) is 31.2 Å². The highest BCUT2D eigenvalue weighted by Crippen LogP contribution is 2.42. The Labute approximate surface area is 147 Å². The Morgan fingerprint density at radius 2 is 1.65 bits per heavy atom. The summed E-state index contributed by atoms with van der Waals surface area (Å²) in [5, 5.41) is 11.0. The Morgan fingerprint density at radius 3 is 2.19 bits per heavy atom. The predicted octanol–water partition coefficient (Wildman–Crippen LogP) is 3.72. The third kappa shape index (κ3) is 3.35. The predicted molar refractivity (Wildman–Crippen MR) is 90.6 cm³/mol. The van der Waals surface area contributed by atoms with Crippen LogP contribution in [-0.2, 0) is 16.2 Å². The lowest BCUT2D eigenvalue weighted by Crippen LogP contribution is -2.11. The van der Waals surface area contributed by atoms with E-state index in [-0.39, 0.29) is 16.2 Å². The van der Waals surface area contributed by atoms with Crippen molar-refractivity contribution in [1.29, 1.82) is 0 Å². The van der Waals surface area contributed by atoms with Gasteiger partial charge in [0.1, 0.15) is 11.4 Å². The molecule has 2 aromatic carbocycles. The average Bonchev–Trinajstić information content (AvgIpc) is 2.99. The number of benzene rings is 2. The summed E-state index contributed by atoms with van der Waals surface area (Å²) < 4.78 is 63.1. The van der Waals surface area contributed by atoms with Crippen molar-refractivity contribution in [2.24, 2.45) is 5.14 Å². The van der Waals surface area contributed by atoms with Gasteiger partial charge in [-0.25, -0.2) is 13.6 Å². The Bertz CT molecular complexity index is 1060. The van der Waals surface area contributed by atoms with Crippen molar-refractivity contribution in [2.75, 3.05) is 0 Å². The first kappa shape index (κ1) is 18.2. The largest absolute Gasteiger partial charge is 0.433 e. The quantitative estimate of drug-likeness (QED) is 0.725. The molecular weight excluding hydrogens is 367 g/mol. The summed E-state index contributed by atoms with van der Waals surface area (Å²) in [5.41, 5.74) is 0.409. The monoisotopic (exact) mass is 381 g/mol. The zero-order chi connectivity index (χ0) is 19.1. The number of hydrogen-bond donors (Lipinski definition) is 2. The van der Waals surface area contributed by atoms with E-state index in [0.29, 0.717) is 16.7 Å². The number of rotatable bonds is 3. The van der Waals surface area contributed by atoms with Gasteiger partial charge in [-0.05, 0) is 30.2 Å². The fourth-order valence-electron chi connectivity index (χ4n) is 2.67. The molecule has 0 amide bonds. The van der Waals surface area contributed by atoms with Gasteiger partial charge in [-0.15, -0.1) is 0 Å². The van der Waals surface area contributed by atoms with Crippen LogP contribution in [-0.4, -0.2) is 18.6 Å². The van der Waals surface area contributed by atoms with Gasteiger partial charge in [0.2, 0.25) is 10.0 Å². The molecule has 0 fully saturated rings. The molecule has 0 atom stereocenters. The number of aromatic nitrogens is 2. The Hall–Kier alpha value is -2.65. The zero-order valence-corrected chi connectivity index (χ0v) is 14.3. The number of hydrogen-bond acceptors (Lipinski definition) is 3. The van der Waals surface area contributed by atoms with E-state index in [4.69, 9.17) is 5.14 Å². The van der Waals surface area contributed by atoms with Gasteiger partial charge in [-0.2, -0.15) is 18.3 Å². The van der Waals surface area contributed by atoms with Crippen molar-refractivity contribution in [3.63, 3.8) is 0 Å². The van der Waals surface area contributed by atoms with Gasteiger partial charge in [0.25, 0.3) is 0 Å². The fraction of sp³-hybridized carbons (Fsp3) is 0.118. The number of halogens is 3. The minimum Gasteiger partial charge on any atom is -0.272 e. The number of sulfonamides is 1. The summed E-state index contributed by atoms with van der Waals surface area (Å²) in [7, 11) is -3.90. The van der Waals surface area contributed by atoms with Gasteiger partial charge in [0.05, 0.1) is 4.90 Å². The first-order valence-electron chi connectivity index (χ1n) is 7.44. The number of H-pyrrole nitrogens is 1. The highest BCUT2D eigenvalue weighted by Gasteiger charge is 2.38. The topological polar surface area (TPSA) is 88.8 Å². The summed E-state index contributed by atoms with van der Waals surface area (Å²) in [4.78, 5) is -0.134. The van der Waals surface area contributed by atoms with Crippen molar-refractivity contribution >= 4 is 10.0 Å². The third-order valence-electron chi connectivity index (χ3n) is 3.92. The van der Waals surface area contributed by atoms with Gasteiger partial charge in [-0.3, -0.25) is 5.10 Å². The van der Waals surface area contributed by atoms with Crippen LogP contribution in [0.25, 0.3) is 22.4 Å². The van der Waals surface area contributed by atoms with Crippen LogP contribution in [0.15, 0.2) is 53.4 Å². The maximum Gasteiger partial charge on any atom is 0.433 e. The molecule has 0 aliphatic carbocycles. The highest BCUT2D eigenvalue weighted by atomic mass is 32.2. The lowest BCUT2D eigenvalue weighted by molar-refractivity contribution is -0.140. The molecule has 1 aromatic heterocycles. The maximum atomic E-state index is 13.4. The Kier molecular flexibility index (Phi) is 4.37. The molecule has 0 bridgehead atoms. The molecule has 26 heavy (non-hydrogen) atoms. The summed E-state index contributed by atoms with van der Waals surface area (Å²) in [6.07, 6.45) is -4.62. The molecule has 9 heteroatoms. The summed E-state index contributed by atoms with van der Waals surface area (Å²) in [5.74, 6) is 0. The summed E-state index contributed by atoms with van der Waals surface area (Å²) in [6.45, 7) is 1.70. The van der Waals surface area contributed by atoms with Crippen LogP contribution in [0.5, 0.6) is 0 Å². The molecule has 0 saturated heterocycles. The van der Waals surface area contributed by atoms with Crippen molar-refractivity contribution in [3.05, 3.63) is 59.8 Å². The standard InChI is InChI=1S/C17H14F3N3O2S/c1-10-4-2-3-5-13(10)14-15(22-23-16(14)17(18,19)20)11-6-8-12(9-7-11)26(21,24)25/h2-9H,1H3,(H,22,23)(H2,21,24,25). The Morgan fingerprint density at radius 1 is 1.04 bits per heavy atom. The lowest BCUT2D eigenvalue weighted by Gasteiger charge is -2.11. The number of aryl methyl sites for hydroxylation is 1. The molecule has 3 N–H and O–H groups in total. The van der Waals surface area contributed by atoms with Gasteiger partial charge in [0, 0.05) is 11.1 Å². The van der Waals surface area contributed by atoms with Crippen LogP contribution in [0.2, 0.25) is 0 Å². The number of aromatic amines is 1. The molecule has 0 saturated carbocycles. The molecule has 3 rings (SSSR count). The summed E-state index contributed by atoms with van der Waals surface area (Å²) in [6, 6.07) is 11.9. The van der Waals surface area contributed by atoms with Gasteiger partial charge < -0.3 is 0 Å². The normalized spacial score (nSPS) is 12.3. The van der Waals surface area contributed by atoms with Gasteiger partial charge in [0.15, 0.2) is 0 Å². The second-order valence-corrected chi connectivity index (χ2v) is 7.27. The van der Waals surface area contributed by atoms with E-state index in [2.05, 4.69) is 10.2 Å². The average molecular weight is 381 g/mol. The van der Waals surface area contributed by atoms with Crippen molar-refractivity contribution < 1.29 is 21.6 Å². The zero-order valence-electron chi connectivity index (χ0n) is 13.5. The second-order valence-electron chi connectivity index (χ2n) is 5.70. The molecule has 0 radical (unpaired) electrons. The molecule has 3 aromatic rings. The van der Waals surface area contributed by atoms with Crippen LogP contribution in [0, 0.1) is 6.92 Å². The van der Waals surface area contributed by atoms with Crippen LogP contribution in [0.3, 0.4) is 0 Å². The van der Waals surface area contributed by atoms with Gasteiger partial charge >= 0.3 is 6.18 Å². The first-order chi connectivity index (χ1) is 12.1. The van der Waals surface area contributed by atoms with Crippen molar-refractivity contribution in [1.82, 2.24) is 10.2 Å². The third-order valence-corrected chi connectivity index (χ3v) is 4.85. The molecule has 0 aliphatic rings. The summed E-state index contributed by atoms with van der Waals surface area (Å²) >= 11 is 0. The fourth-order valence-corrected chi connectivity index (χ4v) is 3.19. The minimum atomic E-state index is -4.62. The minimum absolute atomic E-state index is 0.0765. The molecule has 1 heterocycles. The van der Waals surface area contributed by atoms with Gasteiger partial charge in [-0.1, -0.05) is 36.4 Å². The SMILES string of the molecule is Cc1ccccc1-c1c(-c2ccc(S(N)(=O)=O)cc2)n[nH]c1C(F)(F)F. The smallest absolute Gasteiger partial charge is 0.272 e. The van der Waals surface area contributed by atoms with Crippen molar-refractivity contribution in [3.8, 4) is 22.4 Å². The molecular formula is C17H14F3N3O2S. The maximum absolute atomic E-state index is 13.4.